The van der Waals surface area contributed by atoms with Crippen LogP contribution in [0.5, 0.6) is 0 Å². The number of thioether (sulfide) groups is 1. The summed E-state index contributed by atoms with van der Waals surface area (Å²) in [6.45, 7) is 2.12. The van der Waals surface area contributed by atoms with Crippen molar-refractivity contribution in [3.05, 3.63) is 33.9 Å². The van der Waals surface area contributed by atoms with E-state index in [9.17, 15) is 14.9 Å². The van der Waals surface area contributed by atoms with Gasteiger partial charge in [-0.1, -0.05) is 0 Å². The Morgan fingerprint density at radius 3 is 2.68 bits per heavy atom. The fraction of sp³-hybridized carbons (Fsp3) is 0.462. The highest BCUT2D eigenvalue weighted by atomic mass is 32.2. The van der Waals surface area contributed by atoms with Gasteiger partial charge in [-0.05, 0) is 38.2 Å². The third-order valence-electron chi connectivity index (χ3n) is 3.44. The highest BCUT2D eigenvalue weighted by molar-refractivity contribution is 8.00. The van der Waals surface area contributed by atoms with Crippen molar-refractivity contribution in [1.82, 2.24) is 0 Å². The van der Waals surface area contributed by atoms with Crippen molar-refractivity contribution in [3.8, 4) is 0 Å². The standard InChI is InChI=1S/C13H16N2O3S/c1-9(16)10-3-4-11(12(7-10)15(17)18)14-8-13(19-2)5-6-13/h3-4,7,14H,5-6,8H2,1-2H3. The smallest absolute Gasteiger partial charge is 0.293 e. The van der Waals surface area contributed by atoms with E-state index in [1.807, 2.05) is 0 Å². The van der Waals surface area contributed by atoms with Gasteiger partial charge in [-0.3, -0.25) is 14.9 Å². The molecule has 5 nitrogen and oxygen atoms in total. The minimum atomic E-state index is -0.451. The lowest BCUT2D eigenvalue weighted by atomic mass is 10.1. The van der Waals surface area contributed by atoms with Crippen molar-refractivity contribution in [2.75, 3.05) is 18.1 Å². The van der Waals surface area contributed by atoms with Gasteiger partial charge in [-0.25, -0.2) is 0 Å². The molecule has 1 aliphatic rings. The number of nitro benzene ring substituents is 1. The second kappa shape index (κ2) is 5.21. The number of nitro groups is 1. The van der Waals surface area contributed by atoms with Crippen molar-refractivity contribution >= 4 is 28.9 Å². The largest absolute Gasteiger partial charge is 0.378 e. The fourth-order valence-electron chi connectivity index (χ4n) is 1.90. The molecule has 0 bridgehead atoms. The van der Waals surface area contributed by atoms with Crippen LogP contribution in [0.25, 0.3) is 0 Å². The Labute approximate surface area is 115 Å². The van der Waals surface area contributed by atoms with Crippen molar-refractivity contribution in [2.24, 2.45) is 0 Å². The number of benzene rings is 1. The first-order valence-electron chi connectivity index (χ1n) is 6.06. The number of carbonyl (C=O) groups is 1. The predicted molar refractivity (Wildman–Crippen MR) is 77.1 cm³/mol. The van der Waals surface area contributed by atoms with Crippen LogP contribution in [0.3, 0.4) is 0 Å². The second-order valence-corrected chi connectivity index (χ2v) is 6.06. The fourth-order valence-corrected chi connectivity index (χ4v) is 2.63. The Bertz CT molecular complexity index is 527. The maximum absolute atomic E-state index is 11.3. The van der Waals surface area contributed by atoms with Crippen LogP contribution in [-0.4, -0.2) is 28.3 Å². The summed E-state index contributed by atoms with van der Waals surface area (Å²) in [6.07, 6.45) is 4.34. The number of ketones is 1. The van der Waals surface area contributed by atoms with Gasteiger partial charge in [0, 0.05) is 22.9 Å². The Kier molecular flexibility index (Phi) is 3.80. The average molecular weight is 280 g/mol. The number of Topliss-reactive ketones (excluding diaryl/α,β-unsaturated/α-hetero) is 1. The van der Waals surface area contributed by atoms with Crippen LogP contribution in [-0.2, 0) is 0 Å². The minimum Gasteiger partial charge on any atom is -0.378 e. The number of anilines is 1. The maximum atomic E-state index is 11.3. The van der Waals surface area contributed by atoms with Crippen molar-refractivity contribution in [2.45, 2.75) is 24.5 Å². The van der Waals surface area contributed by atoms with E-state index in [0.29, 0.717) is 17.8 Å². The van der Waals surface area contributed by atoms with Crippen LogP contribution in [0, 0.1) is 10.1 Å². The SMILES string of the molecule is CSC1(CNc2ccc(C(C)=O)cc2[N+](=O)[O-])CC1. The third kappa shape index (κ3) is 3.07. The monoisotopic (exact) mass is 280 g/mol. The minimum absolute atomic E-state index is 0.0374. The van der Waals surface area contributed by atoms with E-state index in [2.05, 4.69) is 11.6 Å². The van der Waals surface area contributed by atoms with E-state index >= 15 is 0 Å². The number of carbonyl (C=O) groups excluding carboxylic acids is 1. The van der Waals surface area contributed by atoms with Crippen LogP contribution in [0.15, 0.2) is 18.2 Å². The van der Waals surface area contributed by atoms with Gasteiger partial charge in [0.2, 0.25) is 0 Å². The molecule has 0 spiro atoms. The Morgan fingerprint density at radius 2 is 2.21 bits per heavy atom. The second-order valence-electron chi connectivity index (χ2n) is 4.79. The van der Waals surface area contributed by atoms with Gasteiger partial charge in [0.1, 0.15) is 5.69 Å². The van der Waals surface area contributed by atoms with Crippen molar-refractivity contribution < 1.29 is 9.72 Å². The lowest BCUT2D eigenvalue weighted by Crippen LogP contribution is -2.18. The summed E-state index contributed by atoms with van der Waals surface area (Å²) >= 11 is 1.79. The van der Waals surface area contributed by atoms with Crippen molar-refractivity contribution in [3.63, 3.8) is 0 Å². The van der Waals surface area contributed by atoms with Crippen molar-refractivity contribution in [1.29, 1.82) is 0 Å². The number of nitrogens with one attached hydrogen (secondary N) is 1. The Hall–Kier alpha value is -1.56. The van der Waals surface area contributed by atoms with E-state index in [-0.39, 0.29) is 16.2 Å². The van der Waals surface area contributed by atoms with Gasteiger partial charge in [-0.2, -0.15) is 11.8 Å². The molecule has 1 N–H and O–H groups in total. The molecule has 1 fully saturated rings. The zero-order valence-corrected chi connectivity index (χ0v) is 11.8. The maximum Gasteiger partial charge on any atom is 0.293 e. The van der Waals surface area contributed by atoms with Crippen LogP contribution in [0.2, 0.25) is 0 Å². The molecule has 1 aliphatic carbocycles. The Morgan fingerprint density at radius 1 is 1.53 bits per heavy atom. The van der Waals surface area contributed by atoms with E-state index in [0.717, 1.165) is 12.8 Å². The van der Waals surface area contributed by atoms with E-state index in [1.54, 1.807) is 23.9 Å². The first kappa shape index (κ1) is 13.9. The highest BCUT2D eigenvalue weighted by Crippen LogP contribution is 2.47. The molecule has 0 radical (unpaired) electrons. The summed E-state index contributed by atoms with van der Waals surface area (Å²) in [4.78, 5) is 21.9. The summed E-state index contributed by atoms with van der Waals surface area (Å²) in [5.74, 6) is -0.169. The molecule has 0 amide bonds. The molecule has 0 aliphatic heterocycles. The first-order valence-corrected chi connectivity index (χ1v) is 7.28. The highest BCUT2D eigenvalue weighted by Gasteiger charge is 2.41. The molecule has 1 saturated carbocycles. The normalized spacial score (nSPS) is 15.9. The molecular weight excluding hydrogens is 264 g/mol. The van der Waals surface area contributed by atoms with Gasteiger partial charge in [-0.15, -0.1) is 0 Å². The summed E-state index contributed by atoms with van der Waals surface area (Å²) in [6, 6.07) is 4.57. The number of nitrogens with zero attached hydrogens (tertiary/aromatic N) is 1. The molecule has 0 atom stereocenters. The van der Waals surface area contributed by atoms with Crippen LogP contribution in [0.1, 0.15) is 30.1 Å². The topological polar surface area (TPSA) is 72.2 Å². The first-order chi connectivity index (χ1) is 8.97. The molecule has 19 heavy (non-hydrogen) atoms. The number of hydrogen-bond acceptors (Lipinski definition) is 5. The molecular formula is C13H16N2O3S. The summed E-state index contributed by atoms with van der Waals surface area (Å²) in [5.41, 5.74) is 0.808. The molecule has 0 aromatic heterocycles. The Balaban J connectivity index is 2.19. The summed E-state index contributed by atoms with van der Waals surface area (Å²) in [7, 11) is 0. The third-order valence-corrected chi connectivity index (χ3v) is 4.86. The van der Waals surface area contributed by atoms with Crippen LogP contribution in [0.4, 0.5) is 11.4 Å². The molecule has 102 valence electrons. The molecule has 2 rings (SSSR count). The van der Waals surface area contributed by atoms with Crippen LogP contribution >= 0.6 is 11.8 Å². The number of hydrogen-bond donors (Lipinski definition) is 1. The molecule has 1 aromatic carbocycles. The lowest BCUT2D eigenvalue weighted by molar-refractivity contribution is -0.384. The molecule has 6 heteroatoms. The molecule has 1 aromatic rings. The molecule has 0 saturated heterocycles. The van der Waals surface area contributed by atoms with Gasteiger partial charge in [0.15, 0.2) is 5.78 Å². The van der Waals surface area contributed by atoms with Gasteiger partial charge >= 0.3 is 0 Å². The predicted octanol–water partition coefficient (Wildman–Crippen LogP) is 3.10. The summed E-state index contributed by atoms with van der Waals surface area (Å²) < 4.78 is 0.229. The average Bonchev–Trinajstić information content (AvgIpc) is 3.16. The molecule has 0 unspecified atom stereocenters. The van der Waals surface area contributed by atoms with Gasteiger partial charge in [0.05, 0.1) is 4.92 Å². The van der Waals surface area contributed by atoms with E-state index in [4.69, 9.17) is 0 Å². The van der Waals surface area contributed by atoms with Crippen LogP contribution < -0.4 is 5.32 Å². The van der Waals surface area contributed by atoms with Gasteiger partial charge in [0.25, 0.3) is 5.69 Å². The zero-order chi connectivity index (χ0) is 14.0. The van der Waals surface area contributed by atoms with E-state index in [1.165, 1.54) is 13.0 Å². The quantitative estimate of drug-likeness (QED) is 0.492. The zero-order valence-electron chi connectivity index (χ0n) is 10.9. The lowest BCUT2D eigenvalue weighted by Gasteiger charge is -2.14. The number of rotatable bonds is 6. The summed E-state index contributed by atoms with van der Waals surface area (Å²) in [5, 5.41) is 14.2. The molecule has 0 heterocycles. The van der Waals surface area contributed by atoms with E-state index < -0.39 is 4.92 Å². The van der Waals surface area contributed by atoms with Gasteiger partial charge < -0.3 is 5.32 Å².